The van der Waals surface area contributed by atoms with Gasteiger partial charge in [0.2, 0.25) is 12.0 Å². The molecule has 0 radical (unpaired) electrons. The topological polar surface area (TPSA) is 58.5 Å². The number of anilines is 1. The number of rotatable bonds is 3. The van der Waals surface area contributed by atoms with E-state index in [1.54, 1.807) is 0 Å². The summed E-state index contributed by atoms with van der Waals surface area (Å²) in [4.78, 5) is 24.1. The molecular formula is C11H7F3N2O2. The van der Waals surface area contributed by atoms with Crippen molar-refractivity contribution in [3.05, 3.63) is 36.4 Å². The maximum absolute atomic E-state index is 12.7. The lowest BCUT2D eigenvalue weighted by atomic mass is 10.1. The van der Waals surface area contributed by atoms with Crippen LogP contribution in [0.25, 0.3) is 0 Å². The number of halogens is 3. The molecule has 1 rings (SSSR count). The summed E-state index contributed by atoms with van der Waals surface area (Å²) < 4.78 is 38.1. The molecule has 0 unspecified atom stereocenters. The van der Waals surface area contributed by atoms with Gasteiger partial charge in [-0.05, 0) is 24.3 Å². The molecule has 0 aliphatic heterocycles. The fraction of sp³-hybridized carbons (Fsp3) is 0.0909. The molecule has 1 amide bonds. The van der Waals surface area contributed by atoms with Gasteiger partial charge in [-0.15, -0.1) is 0 Å². The van der Waals surface area contributed by atoms with Gasteiger partial charge in [-0.25, -0.2) is 4.79 Å². The van der Waals surface area contributed by atoms with Gasteiger partial charge < -0.3 is 5.32 Å². The molecule has 0 aliphatic carbocycles. The standard InChI is InChI=1S/C11H7F3N2O2/c1-2-10(18)16-9-4-3-7(15-6-17)5-8(9)11(12,13)14/h2-5H,1H2,(H,16,18). The molecule has 0 aliphatic rings. The van der Waals surface area contributed by atoms with Gasteiger partial charge in [0.15, 0.2) is 0 Å². The molecule has 7 heteroatoms. The average molecular weight is 256 g/mol. The molecule has 0 fully saturated rings. The monoisotopic (exact) mass is 256 g/mol. The second kappa shape index (κ2) is 5.29. The largest absolute Gasteiger partial charge is 0.418 e. The number of nitrogens with one attached hydrogen (secondary N) is 1. The van der Waals surface area contributed by atoms with E-state index in [2.05, 4.69) is 11.6 Å². The summed E-state index contributed by atoms with van der Waals surface area (Å²) in [5.74, 6) is -0.771. The van der Waals surface area contributed by atoms with Crippen molar-refractivity contribution in [2.45, 2.75) is 6.18 Å². The van der Waals surface area contributed by atoms with E-state index in [1.165, 1.54) is 0 Å². The van der Waals surface area contributed by atoms with Crippen molar-refractivity contribution in [2.24, 2.45) is 4.99 Å². The Morgan fingerprint density at radius 2 is 2.11 bits per heavy atom. The van der Waals surface area contributed by atoms with Gasteiger partial charge in [-0.1, -0.05) is 6.58 Å². The highest BCUT2D eigenvalue weighted by atomic mass is 19.4. The summed E-state index contributed by atoms with van der Waals surface area (Å²) in [6.07, 6.45) is -2.70. The molecule has 1 N–H and O–H groups in total. The van der Waals surface area contributed by atoms with Gasteiger partial charge in [0, 0.05) is 0 Å². The number of nitrogens with zero attached hydrogens (tertiary/aromatic N) is 1. The van der Waals surface area contributed by atoms with Crippen LogP contribution in [0.3, 0.4) is 0 Å². The Morgan fingerprint density at radius 1 is 1.44 bits per heavy atom. The van der Waals surface area contributed by atoms with E-state index in [0.717, 1.165) is 24.3 Å². The van der Waals surface area contributed by atoms with Crippen molar-refractivity contribution in [1.29, 1.82) is 0 Å². The van der Waals surface area contributed by atoms with Crippen molar-refractivity contribution in [3.8, 4) is 0 Å². The smallest absolute Gasteiger partial charge is 0.322 e. The quantitative estimate of drug-likeness (QED) is 0.513. The lowest BCUT2D eigenvalue weighted by Crippen LogP contribution is -2.14. The Labute approximate surface area is 99.8 Å². The molecule has 0 spiro atoms. The summed E-state index contributed by atoms with van der Waals surface area (Å²) in [5.41, 5.74) is -1.74. The summed E-state index contributed by atoms with van der Waals surface area (Å²) >= 11 is 0. The molecule has 0 atom stereocenters. The van der Waals surface area contributed by atoms with Gasteiger partial charge in [-0.3, -0.25) is 4.79 Å². The minimum absolute atomic E-state index is 0.200. The molecular weight excluding hydrogens is 249 g/mol. The second-order valence-electron chi connectivity index (χ2n) is 3.12. The van der Waals surface area contributed by atoms with Crippen molar-refractivity contribution >= 4 is 23.4 Å². The Balaban J connectivity index is 3.29. The predicted molar refractivity (Wildman–Crippen MR) is 58.1 cm³/mol. The van der Waals surface area contributed by atoms with Gasteiger partial charge in [-0.2, -0.15) is 18.2 Å². The summed E-state index contributed by atoms with van der Waals surface area (Å²) in [6.45, 7) is 3.13. The third kappa shape index (κ3) is 3.29. The van der Waals surface area contributed by atoms with Crippen LogP contribution in [-0.4, -0.2) is 12.0 Å². The minimum Gasteiger partial charge on any atom is -0.322 e. The van der Waals surface area contributed by atoms with E-state index >= 15 is 0 Å². The number of hydrogen-bond donors (Lipinski definition) is 1. The number of aliphatic imine (C=N–C) groups is 1. The Kier molecular flexibility index (Phi) is 4.01. The first-order valence-corrected chi connectivity index (χ1v) is 4.61. The van der Waals surface area contributed by atoms with Crippen molar-refractivity contribution in [2.75, 3.05) is 5.32 Å². The maximum Gasteiger partial charge on any atom is 0.418 e. The fourth-order valence-electron chi connectivity index (χ4n) is 1.18. The Morgan fingerprint density at radius 3 is 2.61 bits per heavy atom. The number of carbonyl (C=O) groups excluding carboxylic acids is 2. The van der Waals surface area contributed by atoms with Crippen LogP contribution in [0.4, 0.5) is 24.5 Å². The van der Waals surface area contributed by atoms with Crippen LogP contribution in [0.1, 0.15) is 5.56 Å². The Hall–Kier alpha value is -2.40. The molecule has 18 heavy (non-hydrogen) atoms. The summed E-state index contributed by atoms with van der Waals surface area (Å²) in [6, 6.07) is 2.79. The lowest BCUT2D eigenvalue weighted by Gasteiger charge is -2.13. The third-order valence-corrected chi connectivity index (χ3v) is 1.93. The highest BCUT2D eigenvalue weighted by Crippen LogP contribution is 2.37. The first-order chi connectivity index (χ1) is 8.38. The van der Waals surface area contributed by atoms with Crippen LogP contribution in [-0.2, 0) is 15.8 Å². The first-order valence-electron chi connectivity index (χ1n) is 4.61. The van der Waals surface area contributed by atoms with E-state index in [9.17, 15) is 22.8 Å². The van der Waals surface area contributed by atoms with E-state index in [1.807, 2.05) is 5.32 Å². The van der Waals surface area contributed by atoms with Crippen LogP contribution >= 0.6 is 0 Å². The summed E-state index contributed by atoms with van der Waals surface area (Å²) in [5, 5.41) is 2.02. The zero-order chi connectivity index (χ0) is 13.8. The zero-order valence-electron chi connectivity index (χ0n) is 8.91. The molecule has 4 nitrogen and oxygen atoms in total. The van der Waals surface area contributed by atoms with Gasteiger partial charge in [0.05, 0.1) is 16.9 Å². The van der Waals surface area contributed by atoms with Crippen LogP contribution in [0, 0.1) is 0 Å². The number of alkyl halides is 3. The fourth-order valence-corrected chi connectivity index (χ4v) is 1.18. The molecule has 0 heterocycles. The molecule has 0 saturated carbocycles. The lowest BCUT2D eigenvalue weighted by molar-refractivity contribution is -0.136. The highest BCUT2D eigenvalue weighted by molar-refractivity contribution is 5.99. The highest BCUT2D eigenvalue weighted by Gasteiger charge is 2.34. The van der Waals surface area contributed by atoms with E-state index in [-0.39, 0.29) is 5.69 Å². The molecule has 1 aromatic carbocycles. The molecule has 0 saturated heterocycles. The van der Waals surface area contributed by atoms with Gasteiger partial charge >= 0.3 is 6.18 Å². The van der Waals surface area contributed by atoms with E-state index in [0.29, 0.717) is 6.07 Å². The number of benzene rings is 1. The molecule has 94 valence electrons. The second-order valence-corrected chi connectivity index (χ2v) is 3.12. The predicted octanol–water partition coefficient (Wildman–Crippen LogP) is 2.80. The van der Waals surface area contributed by atoms with E-state index in [4.69, 9.17) is 0 Å². The van der Waals surface area contributed by atoms with Crippen molar-refractivity contribution < 1.29 is 22.8 Å². The molecule has 0 aromatic heterocycles. The number of hydrogen-bond acceptors (Lipinski definition) is 3. The average Bonchev–Trinajstić information content (AvgIpc) is 2.30. The number of carbonyl (C=O) groups is 1. The van der Waals surface area contributed by atoms with Gasteiger partial charge in [0.25, 0.3) is 0 Å². The maximum atomic E-state index is 12.7. The number of amides is 1. The SMILES string of the molecule is C=CC(=O)Nc1ccc(N=C=O)cc1C(F)(F)F. The molecule has 1 aromatic rings. The third-order valence-electron chi connectivity index (χ3n) is 1.93. The zero-order valence-corrected chi connectivity index (χ0v) is 8.91. The molecule has 0 bridgehead atoms. The normalized spacial score (nSPS) is 10.4. The van der Waals surface area contributed by atoms with Crippen LogP contribution in [0.5, 0.6) is 0 Å². The summed E-state index contributed by atoms with van der Waals surface area (Å²) in [7, 11) is 0. The first kappa shape index (κ1) is 13.7. The van der Waals surface area contributed by atoms with Crippen LogP contribution in [0.2, 0.25) is 0 Å². The van der Waals surface area contributed by atoms with E-state index < -0.39 is 23.3 Å². The van der Waals surface area contributed by atoms with Crippen LogP contribution < -0.4 is 5.32 Å². The minimum atomic E-state index is -4.68. The van der Waals surface area contributed by atoms with Crippen LogP contribution in [0.15, 0.2) is 35.8 Å². The van der Waals surface area contributed by atoms with Crippen molar-refractivity contribution in [1.82, 2.24) is 0 Å². The van der Waals surface area contributed by atoms with Gasteiger partial charge in [0.1, 0.15) is 0 Å². The van der Waals surface area contributed by atoms with Crippen molar-refractivity contribution in [3.63, 3.8) is 0 Å². The number of isocyanates is 1. The Bertz CT molecular complexity index is 532.